The quantitative estimate of drug-likeness (QED) is 0.857. The average molecular weight is 372 g/mol. The van der Waals surface area contributed by atoms with Gasteiger partial charge < -0.3 is 20.4 Å². The van der Waals surface area contributed by atoms with E-state index in [2.05, 4.69) is 43.0 Å². The van der Waals surface area contributed by atoms with E-state index in [-0.39, 0.29) is 11.9 Å². The number of anilines is 1. The van der Waals surface area contributed by atoms with E-state index < -0.39 is 0 Å². The summed E-state index contributed by atoms with van der Waals surface area (Å²) in [4.78, 5) is 17.7. The zero-order valence-electron chi connectivity index (χ0n) is 14.9. The first kappa shape index (κ1) is 16.5. The Morgan fingerprint density at radius 1 is 1.19 bits per heavy atom. The fourth-order valence-electron chi connectivity index (χ4n) is 4.58. The Morgan fingerprint density at radius 2 is 2.00 bits per heavy atom. The minimum Gasteiger partial charge on any atom is -0.369 e. The molecule has 0 spiro atoms. The van der Waals surface area contributed by atoms with E-state index in [1.807, 2.05) is 0 Å². The Bertz CT molecular complexity index is 807. The van der Waals surface area contributed by atoms with Gasteiger partial charge in [-0.25, -0.2) is 0 Å². The summed E-state index contributed by atoms with van der Waals surface area (Å²) in [6.45, 7) is 7.46. The maximum absolute atomic E-state index is 12.8. The molecule has 4 aliphatic rings. The molecule has 5 heterocycles. The molecule has 2 bridgehead atoms. The highest BCUT2D eigenvalue weighted by molar-refractivity contribution is 7.13. The van der Waals surface area contributed by atoms with Crippen molar-refractivity contribution in [2.75, 3.05) is 50.7 Å². The van der Waals surface area contributed by atoms with Crippen LogP contribution in [0.5, 0.6) is 0 Å². The van der Waals surface area contributed by atoms with Gasteiger partial charge in [-0.3, -0.25) is 4.79 Å². The van der Waals surface area contributed by atoms with Gasteiger partial charge in [0.15, 0.2) is 0 Å². The highest BCUT2D eigenvalue weighted by atomic mass is 32.1. The van der Waals surface area contributed by atoms with Crippen LogP contribution in [-0.2, 0) is 0 Å². The first-order chi connectivity index (χ1) is 12.8. The van der Waals surface area contributed by atoms with Crippen molar-refractivity contribution in [1.29, 1.82) is 0 Å². The van der Waals surface area contributed by atoms with Crippen molar-refractivity contribution in [1.82, 2.24) is 19.9 Å². The lowest BCUT2D eigenvalue weighted by Gasteiger charge is -2.44. The number of benzene rings is 1. The molecule has 6 rings (SSSR count). The molecule has 6 nitrogen and oxygen atoms in total. The summed E-state index contributed by atoms with van der Waals surface area (Å²) in [5, 5.41) is 7.63. The second-order valence-electron chi connectivity index (χ2n) is 7.67. The number of nitrogens with zero attached hydrogens (tertiary/aromatic N) is 3. The number of hydrogen-bond donors (Lipinski definition) is 2. The number of amides is 1. The number of rotatable bonds is 3. The van der Waals surface area contributed by atoms with Crippen LogP contribution >= 0.6 is 11.5 Å². The molecule has 138 valence electrons. The van der Waals surface area contributed by atoms with Gasteiger partial charge in [-0.1, -0.05) is 0 Å². The number of carbonyl (C=O) groups excluding carboxylic acids is 1. The van der Waals surface area contributed by atoms with Crippen LogP contribution in [0.15, 0.2) is 18.2 Å². The van der Waals surface area contributed by atoms with Crippen molar-refractivity contribution in [3.63, 3.8) is 0 Å². The summed E-state index contributed by atoms with van der Waals surface area (Å²) < 4.78 is 5.59. The van der Waals surface area contributed by atoms with Crippen LogP contribution in [0, 0.1) is 5.92 Å². The van der Waals surface area contributed by atoms with E-state index in [0.717, 1.165) is 42.8 Å². The Balaban J connectivity index is 1.34. The van der Waals surface area contributed by atoms with Crippen LogP contribution in [0.25, 0.3) is 10.1 Å². The monoisotopic (exact) mass is 371 g/mol. The van der Waals surface area contributed by atoms with Gasteiger partial charge >= 0.3 is 0 Å². The van der Waals surface area contributed by atoms with Crippen molar-refractivity contribution in [3.8, 4) is 0 Å². The van der Waals surface area contributed by atoms with Gasteiger partial charge in [0.1, 0.15) is 5.69 Å². The third-order valence-corrected chi connectivity index (χ3v) is 6.93. The lowest BCUT2D eigenvalue weighted by molar-refractivity contribution is 0.0619. The van der Waals surface area contributed by atoms with E-state index in [9.17, 15) is 4.79 Å². The number of piperazine rings is 1. The van der Waals surface area contributed by atoms with Gasteiger partial charge in [0.2, 0.25) is 0 Å². The highest BCUT2D eigenvalue weighted by Gasteiger charge is 2.35. The van der Waals surface area contributed by atoms with E-state index in [4.69, 9.17) is 0 Å². The van der Waals surface area contributed by atoms with Gasteiger partial charge in [0.25, 0.3) is 5.91 Å². The molecule has 0 aliphatic carbocycles. The van der Waals surface area contributed by atoms with Crippen molar-refractivity contribution in [3.05, 3.63) is 23.9 Å². The molecule has 0 saturated carbocycles. The summed E-state index contributed by atoms with van der Waals surface area (Å²) in [6, 6.07) is 6.67. The Kier molecular flexibility index (Phi) is 4.30. The summed E-state index contributed by atoms with van der Waals surface area (Å²) in [5.74, 6) is 0.623. The molecule has 1 aromatic heterocycles. The van der Waals surface area contributed by atoms with Crippen LogP contribution in [-0.4, -0.2) is 67.0 Å². The minimum absolute atomic E-state index is 0.00933. The van der Waals surface area contributed by atoms with Crippen LogP contribution in [0.4, 0.5) is 5.69 Å². The van der Waals surface area contributed by atoms with Crippen molar-refractivity contribution in [2.45, 2.75) is 18.9 Å². The number of fused-ring (bicyclic) bond motifs is 4. The standard InChI is InChI=1S/C19H25N5OS/c25-19(21-16-12-23-7-3-13(16)4-8-23)18-15-2-1-14(11-17(15)26-22-18)24-9-5-20-6-10-24/h1-2,11,13,16,20H,3-10,12H2,(H,21,25)/t16-/m1/s1. The van der Waals surface area contributed by atoms with Crippen LogP contribution in [0.3, 0.4) is 0 Å². The fraction of sp³-hybridized carbons (Fsp3) is 0.579. The number of nitrogens with one attached hydrogen (secondary N) is 2. The van der Waals surface area contributed by atoms with Crippen LogP contribution < -0.4 is 15.5 Å². The summed E-state index contributed by atoms with van der Waals surface area (Å²) in [5.41, 5.74) is 1.82. The summed E-state index contributed by atoms with van der Waals surface area (Å²) in [7, 11) is 0. The molecule has 7 heteroatoms. The molecule has 26 heavy (non-hydrogen) atoms. The first-order valence-corrected chi connectivity index (χ1v) is 10.4. The Labute approximate surface area is 157 Å². The largest absolute Gasteiger partial charge is 0.369 e. The van der Waals surface area contributed by atoms with Crippen molar-refractivity contribution in [2.24, 2.45) is 5.92 Å². The molecule has 4 aliphatic heterocycles. The molecule has 1 amide bonds. The van der Waals surface area contributed by atoms with Crippen molar-refractivity contribution >= 4 is 33.2 Å². The topological polar surface area (TPSA) is 60.5 Å². The second kappa shape index (κ2) is 6.79. The van der Waals surface area contributed by atoms with Gasteiger partial charge in [0, 0.05) is 49.8 Å². The molecular weight excluding hydrogens is 346 g/mol. The number of piperidine rings is 3. The highest BCUT2D eigenvalue weighted by Crippen LogP contribution is 2.30. The molecule has 1 atom stereocenters. The minimum atomic E-state index is -0.00933. The molecular formula is C19H25N5OS. The van der Waals surface area contributed by atoms with Gasteiger partial charge in [-0.15, -0.1) is 0 Å². The van der Waals surface area contributed by atoms with Crippen LogP contribution in [0.1, 0.15) is 23.3 Å². The lowest BCUT2D eigenvalue weighted by atomic mass is 9.84. The van der Waals surface area contributed by atoms with Crippen LogP contribution in [0.2, 0.25) is 0 Å². The SMILES string of the molecule is O=C(N[C@@H]1CN2CCC1CC2)c1nsc2cc(N3CCNCC3)ccc12. The molecule has 1 aromatic carbocycles. The Morgan fingerprint density at radius 3 is 2.73 bits per heavy atom. The predicted molar refractivity (Wildman–Crippen MR) is 105 cm³/mol. The third kappa shape index (κ3) is 2.98. The number of hydrogen-bond acceptors (Lipinski definition) is 6. The molecule has 4 fully saturated rings. The van der Waals surface area contributed by atoms with E-state index >= 15 is 0 Å². The van der Waals surface area contributed by atoms with Crippen molar-refractivity contribution < 1.29 is 4.79 Å². The van der Waals surface area contributed by atoms with Gasteiger partial charge in [-0.05, 0) is 61.6 Å². The zero-order chi connectivity index (χ0) is 17.5. The van der Waals surface area contributed by atoms with Gasteiger partial charge in [-0.2, -0.15) is 4.37 Å². The molecule has 0 radical (unpaired) electrons. The normalized spacial score (nSPS) is 28.5. The van der Waals surface area contributed by atoms with E-state index in [1.54, 1.807) is 0 Å². The van der Waals surface area contributed by atoms with E-state index in [1.165, 1.54) is 43.2 Å². The average Bonchev–Trinajstić information content (AvgIpc) is 3.13. The number of carbonyl (C=O) groups is 1. The lowest BCUT2D eigenvalue weighted by Crippen LogP contribution is -2.57. The third-order valence-electron chi connectivity index (χ3n) is 6.13. The smallest absolute Gasteiger partial charge is 0.271 e. The molecule has 0 unspecified atom stereocenters. The molecule has 2 N–H and O–H groups in total. The fourth-order valence-corrected chi connectivity index (χ4v) is 5.38. The predicted octanol–water partition coefficient (Wildman–Crippen LogP) is 1.53. The summed E-state index contributed by atoms with van der Waals surface area (Å²) in [6.07, 6.45) is 2.41. The summed E-state index contributed by atoms with van der Waals surface area (Å²) >= 11 is 1.43. The first-order valence-electron chi connectivity index (χ1n) is 9.66. The maximum atomic E-state index is 12.8. The zero-order valence-corrected chi connectivity index (χ0v) is 15.7. The molecule has 2 aromatic rings. The molecule has 4 saturated heterocycles. The second-order valence-corrected chi connectivity index (χ2v) is 8.47. The number of aromatic nitrogens is 1. The maximum Gasteiger partial charge on any atom is 0.271 e. The van der Waals surface area contributed by atoms with Gasteiger partial charge in [0.05, 0.1) is 4.70 Å². The Hall–Kier alpha value is -1.70. The van der Waals surface area contributed by atoms with E-state index in [0.29, 0.717) is 11.6 Å².